The molecule has 1 aromatic heterocycles. The van der Waals surface area contributed by atoms with Gasteiger partial charge in [-0.05, 0) is 33.9 Å². The fraction of sp³-hybridized carbons (Fsp3) is 0.353. The van der Waals surface area contributed by atoms with Gasteiger partial charge in [0.25, 0.3) is 0 Å². The summed E-state index contributed by atoms with van der Waals surface area (Å²) in [7, 11) is 3.90. The van der Waals surface area contributed by atoms with Crippen molar-refractivity contribution in [2.45, 2.75) is 19.4 Å². The molecule has 0 radical (unpaired) electrons. The normalized spacial score (nSPS) is 13.0. The average Bonchev–Trinajstić information content (AvgIpc) is 3.03. The maximum absolute atomic E-state index is 4.37. The molecule has 0 aliphatic carbocycles. The third kappa shape index (κ3) is 4.60. The molecule has 112 valence electrons. The molecule has 1 heterocycles. The van der Waals surface area contributed by atoms with E-state index in [2.05, 4.69) is 70.3 Å². The number of hydrogen-bond acceptors (Lipinski definition) is 2. The number of benzene rings is 1. The van der Waals surface area contributed by atoms with Gasteiger partial charge in [0, 0.05) is 27.2 Å². The lowest BCUT2D eigenvalue weighted by Crippen LogP contribution is -2.40. The van der Waals surface area contributed by atoms with Crippen LogP contribution in [0, 0.1) is 0 Å². The summed E-state index contributed by atoms with van der Waals surface area (Å²) in [5.41, 5.74) is 2.67. The van der Waals surface area contributed by atoms with E-state index < -0.39 is 0 Å². The molecule has 0 saturated heterocycles. The first-order chi connectivity index (χ1) is 10.2. The zero-order chi connectivity index (χ0) is 15.1. The van der Waals surface area contributed by atoms with Crippen LogP contribution in [0.2, 0.25) is 0 Å². The third-order valence-corrected chi connectivity index (χ3v) is 4.22. The Kier molecular flexibility index (Phi) is 5.81. The van der Waals surface area contributed by atoms with Crippen LogP contribution < -0.4 is 5.32 Å². The van der Waals surface area contributed by atoms with Crippen molar-refractivity contribution in [1.29, 1.82) is 0 Å². The lowest BCUT2D eigenvalue weighted by molar-refractivity contribution is 0.473. The maximum atomic E-state index is 4.37. The van der Waals surface area contributed by atoms with Gasteiger partial charge in [-0.25, -0.2) is 0 Å². The van der Waals surface area contributed by atoms with Crippen LogP contribution in [0.4, 0.5) is 0 Å². The summed E-state index contributed by atoms with van der Waals surface area (Å²) in [5.74, 6) is 1.42. The lowest BCUT2D eigenvalue weighted by Gasteiger charge is -2.23. The minimum Gasteiger partial charge on any atom is -0.356 e. The molecule has 1 atom stereocenters. The maximum Gasteiger partial charge on any atom is 0.193 e. The van der Waals surface area contributed by atoms with E-state index in [0.717, 1.165) is 19.0 Å². The zero-order valence-corrected chi connectivity index (χ0v) is 13.7. The van der Waals surface area contributed by atoms with Crippen molar-refractivity contribution in [2.24, 2.45) is 4.99 Å². The van der Waals surface area contributed by atoms with Gasteiger partial charge in [-0.2, -0.15) is 11.3 Å². The van der Waals surface area contributed by atoms with Gasteiger partial charge in [0.1, 0.15) is 0 Å². The molecule has 0 saturated carbocycles. The van der Waals surface area contributed by atoms with Crippen molar-refractivity contribution in [2.75, 3.05) is 20.6 Å². The molecule has 0 fully saturated rings. The Bertz CT molecular complexity index is 549. The van der Waals surface area contributed by atoms with Crippen LogP contribution in [-0.4, -0.2) is 31.5 Å². The van der Waals surface area contributed by atoms with Crippen LogP contribution in [0.3, 0.4) is 0 Å². The largest absolute Gasteiger partial charge is 0.356 e. The highest BCUT2D eigenvalue weighted by molar-refractivity contribution is 7.07. The molecular weight excluding hydrogens is 278 g/mol. The predicted octanol–water partition coefficient (Wildman–Crippen LogP) is 3.56. The number of nitrogens with one attached hydrogen (secondary N) is 1. The highest BCUT2D eigenvalue weighted by Crippen LogP contribution is 2.17. The summed E-state index contributed by atoms with van der Waals surface area (Å²) in [6, 6.07) is 12.6. The van der Waals surface area contributed by atoms with E-state index in [0.29, 0.717) is 5.92 Å². The van der Waals surface area contributed by atoms with Crippen molar-refractivity contribution in [3.8, 4) is 0 Å². The minimum absolute atomic E-state index is 0.484. The van der Waals surface area contributed by atoms with E-state index in [9.17, 15) is 0 Å². The van der Waals surface area contributed by atoms with Crippen LogP contribution in [0.5, 0.6) is 0 Å². The molecule has 21 heavy (non-hydrogen) atoms. The van der Waals surface area contributed by atoms with Crippen LogP contribution >= 0.6 is 11.3 Å². The number of aliphatic imine (C=N–C) groups is 1. The van der Waals surface area contributed by atoms with E-state index in [1.54, 1.807) is 11.3 Å². The molecule has 0 aliphatic rings. The summed E-state index contributed by atoms with van der Waals surface area (Å²) < 4.78 is 0. The smallest absolute Gasteiger partial charge is 0.193 e. The SMILES string of the molecule is CN=C(NCC(C)c1ccsc1)N(C)Cc1ccccc1. The lowest BCUT2D eigenvalue weighted by atomic mass is 10.1. The molecule has 2 rings (SSSR count). The quantitative estimate of drug-likeness (QED) is 0.675. The van der Waals surface area contributed by atoms with Crippen LogP contribution in [0.15, 0.2) is 52.2 Å². The monoisotopic (exact) mass is 301 g/mol. The summed E-state index contributed by atoms with van der Waals surface area (Å²) in [6.07, 6.45) is 0. The van der Waals surface area contributed by atoms with Gasteiger partial charge in [-0.15, -0.1) is 0 Å². The van der Waals surface area contributed by atoms with Crippen molar-refractivity contribution >= 4 is 17.3 Å². The van der Waals surface area contributed by atoms with Gasteiger partial charge >= 0.3 is 0 Å². The molecule has 1 aromatic carbocycles. The van der Waals surface area contributed by atoms with Crippen molar-refractivity contribution < 1.29 is 0 Å². The Balaban J connectivity index is 1.88. The van der Waals surface area contributed by atoms with Crippen LogP contribution in [-0.2, 0) is 6.54 Å². The van der Waals surface area contributed by atoms with Gasteiger partial charge < -0.3 is 10.2 Å². The fourth-order valence-electron chi connectivity index (χ4n) is 2.23. The molecule has 0 spiro atoms. The van der Waals surface area contributed by atoms with E-state index >= 15 is 0 Å². The van der Waals surface area contributed by atoms with Crippen molar-refractivity contribution in [1.82, 2.24) is 10.2 Å². The molecule has 1 unspecified atom stereocenters. The minimum atomic E-state index is 0.484. The second kappa shape index (κ2) is 7.84. The molecule has 3 nitrogen and oxygen atoms in total. The third-order valence-electron chi connectivity index (χ3n) is 3.51. The molecule has 0 aliphatic heterocycles. The first kappa shape index (κ1) is 15.6. The van der Waals surface area contributed by atoms with E-state index in [4.69, 9.17) is 0 Å². The van der Waals surface area contributed by atoms with Gasteiger partial charge in [-0.1, -0.05) is 37.3 Å². The topological polar surface area (TPSA) is 27.6 Å². The molecule has 2 aromatic rings. The summed E-state index contributed by atoms with van der Waals surface area (Å²) in [6.45, 7) is 3.98. The van der Waals surface area contributed by atoms with Crippen LogP contribution in [0.1, 0.15) is 24.0 Å². The second-order valence-electron chi connectivity index (χ2n) is 5.23. The predicted molar refractivity (Wildman–Crippen MR) is 92.0 cm³/mol. The van der Waals surface area contributed by atoms with Gasteiger partial charge in [0.2, 0.25) is 0 Å². The van der Waals surface area contributed by atoms with E-state index in [1.807, 2.05) is 13.1 Å². The van der Waals surface area contributed by atoms with E-state index in [1.165, 1.54) is 11.1 Å². The second-order valence-corrected chi connectivity index (χ2v) is 6.01. The summed E-state index contributed by atoms with van der Waals surface area (Å²) in [4.78, 5) is 6.52. The first-order valence-electron chi connectivity index (χ1n) is 7.18. The highest BCUT2D eigenvalue weighted by Gasteiger charge is 2.10. The molecular formula is C17H23N3S. The van der Waals surface area contributed by atoms with E-state index in [-0.39, 0.29) is 0 Å². The van der Waals surface area contributed by atoms with Gasteiger partial charge in [-0.3, -0.25) is 4.99 Å². The standard InChI is InChI=1S/C17H23N3S/c1-14(16-9-10-21-13-16)11-19-17(18-2)20(3)12-15-7-5-4-6-8-15/h4-10,13-14H,11-12H2,1-3H3,(H,18,19). The number of thiophene rings is 1. The summed E-state index contributed by atoms with van der Waals surface area (Å²) in [5, 5.41) is 7.80. The molecule has 1 N–H and O–H groups in total. The van der Waals surface area contributed by atoms with Gasteiger partial charge in [0.05, 0.1) is 0 Å². The zero-order valence-electron chi connectivity index (χ0n) is 12.9. The number of guanidine groups is 1. The number of nitrogens with zero attached hydrogens (tertiary/aromatic N) is 2. The van der Waals surface area contributed by atoms with Crippen molar-refractivity contribution in [3.05, 3.63) is 58.3 Å². The van der Waals surface area contributed by atoms with Crippen molar-refractivity contribution in [3.63, 3.8) is 0 Å². The Labute approximate surface area is 131 Å². The van der Waals surface area contributed by atoms with Crippen LogP contribution in [0.25, 0.3) is 0 Å². The number of hydrogen-bond donors (Lipinski definition) is 1. The summed E-state index contributed by atoms with van der Waals surface area (Å²) >= 11 is 1.75. The Morgan fingerprint density at radius 1 is 1.29 bits per heavy atom. The Hall–Kier alpha value is -1.81. The number of rotatable bonds is 5. The molecule has 0 amide bonds. The molecule has 4 heteroatoms. The Morgan fingerprint density at radius 3 is 2.67 bits per heavy atom. The Morgan fingerprint density at radius 2 is 2.05 bits per heavy atom. The average molecular weight is 301 g/mol. The highest BCUT2D eigenvalue weighted by atomic mass is 32.1. The first-order valence-corrected chi connectivity index (χ1v) is 8.12. The molecule has 0 bridgehead atoms. The van der Waals surface area contributed by atoms with Gasteiger partial charge in [0.15, 0.2) is 5.96 Å². The fourth-order valence-corrected chi connectivity index (χ4v) is 3.02.